The van der Waals surface area contributed by atoms with Crippen molar-refractivity contribution in [3.8, 4) is 5.75 Å². The molecule has 23 heavy (non-hydrogen) atoms. The van der Waals surface area contributed by atoms with Gasteiger partial charge in [-0.05, 0) is 42.5 Å². The number of hydrogen-bond acceptors (Lipinski definition) is 3. The molecule has 0 saturated carbocycles. The lowest BCUT2D eigenvalue weighted by Crippen LogP contribution is -2.05. The molecule has 122 valence electrons. The normalized spacial score (nSPS) is 11.9. The van der Waals surface area contributed by atoms with Crippen LogP contribution in [0, 0.1) is 0 Å². The van der Waals surface area contributed by atoms with Gasteiger partial charge >= 0.3 is 5.97 Å². The molecule has 1 atom stereocenters. The van der Waals surface area contributed by atoms with Crippen molar-refractivity contribution in [3.63, 3.8) is 0 Å². The fourth-order valence-corrected chi connectivity index (χ4v) is 2.47. The second kappa shape index (κ2) is 8.34. The molecule has 2 N–H and O–H groups in total. The van der Waals surface area contributed by atoms with Crippen molar-refractivity contribution >= 4 is 5.97 Å². The van der Waals surface area contributed by atoms with Gasteiger partial charge in [-0.2, -0.15) is 0 Å². The van der Waals surface area contributed by atoms with E-state index in [2.05, 4.69) is 6.92 Å². The summed E-state index contributed by atoms with van der Waals surface area (Å²) < 4.78 is 5.70. The van der Waals surface area contributed by atoms with E-state index in [0.717, 1.165) is 12.8 Å². The molecule has 0 bridgehead atoms. The third-order valence-electron chi connectivity index (χ3n) is 3.89. The van der Waals surface area contributed by atoms with E-state index in [1.807, 2.05) is 24.3 Å². The van der Waals surface area contributed by atoms with E-state index in [4.69, 9.17) is 14.9 Å². The molecule has 2 aromatic rings. The number of carboxylic acids is 1. The summed E-state index contributed by atoms with van der Waals surface area (Å²) in [5.41, 5.74) is 2.12. The monoisotopic (exact) mass is 314 g/mol. The second-order valence-corrected chi connectivity index (χ2v) is 5.59. The Morgan fingerprint density at radius 1 is 1.13 bits per heavy atom. The fraction of sp³-hybridized carbons (Fsp3) is 0.316. The van der Waals surface area contributed by atoms with Crippen LogP contribution in [0.4, 0.5) is 0 Å². The Labute approximate surface area is 136 Å². The quantitative estimate of drug-likeness (QED) is 0.777. The number of carboxylic acid groups (broad SMARTS) is 1. The SMILES string of the molecule is CC(CCCO)c1ccc(OCc2ccccc2C(=O)O)cc1. The zero-order valence-corrected chi connectivity index (χ0v) is 13.2. The molecule has 2 aromatic carbocycles. The van der Waals surface area contributed by atoms with E-state index < -0.39 is 5.97 Å². The summed E-state index contributed by atoms with van der Waals surface area (Å²) >= 11 is 0. The minimum atomic E-state index is -0.947. The molecule has 0 spiro atoms. The molecule has 0 amide bonds. The number of carbonyl (C=O) groups is 1. The summed E-state index contributed by atoms with van der Waals surface area (Å²) in [5.74, 6) is 0.157. The van der Waals surface area contributed by atoms with E-state index >= 15 is 0 Å². The zero-order chi connectivity index (χ0) is 16.7. The van der Waals surface area contributed by atoms with Crippen molar-refractivity contribution < 1.29 is 19.7 Å². The highest BCUT2D eigenvalue weighted by Crippen LogP contribution is 2.23. The first-order chi connectivity index (χ1) is 11.1. The van der Waals surface area contributed by atoms with Gasteiger partial charge in [0.15, 0.2) is 0 Å². The summed E-state index contributed by atoms with van der Waals surface area (Å²) in [6.45, 7) is 2.57. The van der Waals surface area contributed by atoms with Gasteiger partial charge in [0.2, 0.25) is 0 Å². The van der Waals surface area contributed by atoms with Crippen molar-refractivity contribution in [1.82, 2.24) is 0 Å². The van der Waals surface area contributed by atoms with Gasteiger partial charge in [-0.25, -0.2) is 4.79 Å². The Hall–Kier alpha value is -2.33. The molecule has 1 unspecified atom stereocenters. The molecular formula is C19H22O4. The van der Waals surface area contributed by atoms with Crippen LogP contribution < -0.4 is 4.74 Å². The van der Waals surface area contributed by atoms with E-state index in [1.54, 1.807) is 24.3 Å². The van der Waals surface area contributed by atoms with Gasteiger partial charge in [0, 0.05) is 12.2 Å². The predicted molar refractivity (Wildman–Crippen MR) is 88.9 cm³/mol. The van der Waals surface area contributed by atoms with Crippen molar-refractivity contribution in [2.24, 2.45) is 0 Å². The summed E-state index contributed by atoms with van der Waals surface area (Å²) in [4.78, 5) is 11.2. The number of ether oxygens (including phenoxy) is 1. The molecule has 4 heteroatoms. The van der Waals surface area contributed by atoms with Crippen LogP contribution in [0.15, 0.2) is 48.5 Å². The zero-order valence-electron chi connectivity index (χ0n) is 13.2. The Morgan fingerprint density at radius 3 is 2.48 bits per heavy atom. The standard InChI is InChI=1S/C19H22O4/c1-14(5-4-12-20)15-8-10-17(11-9-15)23-13-16-6-2-3-7-18(16)19(21)22/h2-3,6-11,14,20H,4-5,12-13H2,1H3,(H,21,22). The number of aliphatic hydroxyl groups excluding tert-OH is 1. The first kappa shape index (κ1) is 17.0. The van der Waals surface area contributed by atoms with Gasteiger partial charge in [0.25, 0.3) is 0 Å². The van der Waals surface area contributed by atoms with Gasteiger partial charge in [-0.1, -0.05) is 37.3 Å². The van der Waals surface area contributed by atoms with Crippen molar-refractivity contribution in [2.75, 3.05) is 6.61 Å². The molecule has 0 aliphatic rings. The molecule has 0 aliphatic carbocycles. The first-order valence-corrected chi connectivity index (χ1v) is 7.76. The van der Waals surface area contributed by atoms with Crippen LogP contribution in [0.1, 0.15) is 47.2 Å². The van der Waals surface area contributed by atoms with Gasteiger partial charge in [-0.3, -0.25) is 0 Å². The maximum Gasteiger partial charge on any atom is 0.336 e. The molecule has 0 heterocycles. The maximum atomic E-state index is 11.2. The Morgan fingerprint density at radius 2 is 1.83 bits per heavy atom. The average molecular weight is 314 g/mol. The van der Waals surface area contributed by atoms with Gasteiger partial charge in [0.05, 0.1) is 5.56 Å². The molecule has 0 aromatic heterocycles. The molecular weight excluding hydrogens is 292 g/mol. The van der Waals surface area contributed by atoms with Crippen molar-refractivity contribution in [3.05, 3.63) is 65.2 Å². The van der Waals surface area contributed by atoms with Crippen LogP contribution in [0.2, 0.25) is 0 Å². The van der Waals surface area contributed by atoms with Crippen molar-refractivity contribution in [1.29, 1.82) is 0 Å². The lowest BCUT2D eigenvalue weighted by atomic mass is 9.96. The van der Waals surface area contributed by atoms with E-state index in [1.165, 1.54) is 5.56 Å². The largest absolute Gasteiger partial charge is 0.489 e. The second-order valence-electron chi connectivity index (χ2n) is 5.59. The molecule has 2 rings (SSSR count). The Kier molecular flexibility index (Phi) is 6.18. The Bertz CT molecular complexity index is 634. The lowest BCUT2D eigenvalue weighted by molar-refractivity contribution is 0.0694. The summed E-state index contributed by atoms with van der Waals surface area (Å²) in [5, 5.41) is 18.0. The third-order valence-corrected chi connectivity index (χ3v) is 3.89. The topological polar surface area (TPSA) is 66.8 Å². The van der Waals surface area contributed by atoms with Crippen LogP contribution in [-0.4, -0.2) is 22.8 Å². The van der Waals surface area contributed by atoms with E-state index in [0.29, 0.717) is 17.2 Å². The minimum Gasteiger partial charge on any atom is -0.489 e. The van der Waals surface area contributed by atoms with Gasteiger partial charge in [0.1, 0.15) is 12.4 Å². The number of aliphatic hydroxyl groups is 1. The number of aromatic carboxylic acids is 1. The smallest absolute Gasteiger partial charge is 0.336 e. The summed E-state index contributed by atoms with van der Waals surface area (Å²) in [6, 6.07) is 14.7. The third kappa shape index (κ3) is 4.83. The first-order valence-electron chi connectivity index (χ1n) is 7.76. The Balaban J connectivity index is 1.98. The van der Waals surface area contributed by atoms with Crippen LogP contribution in [0.5, 0.6) is 5.75 Å². The average Bonchev–Trinajstić information content (AvgIpc) is 2.58. The fourth-order valence-electron chi connectivity index (χ4n) is 2.47. The predicted octanol–water partition coefficient (Wildman–Crippen LogP) is 3.84. The summed E-state index contributed by atoms with van der Waals surface area (Å²) in [6.07, 6.45) is 1.74. The van der Waals surface area contributed by atoms with E-state index in [-0.39, 0.29) is 18.8 Å². The molecule has 0 saturated heterocycles. The maximum absolute atomic E-state index is 11.2. The molecule has 0 radical (unpaired) electrons. The lowest BCUT2D eigenvalue weighted by Gasteiger charge is -2.13. The number of benzene rings is 2. The van der Waals surface area contributed by atoms with Crippen LogP contribution in [-0.2, 0) is 6.61 Å². The van der Waals surface area contributed by atoms with Crippen LogP contribution in [0.25, 0.3) is 0 Å². The number of hydrogen-bond donors (Lipinski definition) is 2. The molecule has 0 fully saturated rings. The van der Waals surface area contributed by atoms with Gasteiger partial charge in [-0.15, -0.1) is 0 Å². The highest BCUT2D eigenvalue weighted by molar-refractivity contribution is 5.89. The number of rotatable bonds is 8. The minimum absolute atomic E-state index is 0.217. The molecule has 0 aliphatic heterocycles. The molecule has 4 nitrogen and oxygen atoms in total. The van der Waals surface area contributed by atoms with E-state index in [9.17, 15) is 4.79 Å². The highest BCUT2D eigenvalue weighted by atomic mass is 16.5. The highest BCUT2D eigenvalue weighted by Gasteiger charge is 2.10. The van der Waals surface area contributed by atoms with Crippen LogP contribution >= 0.6 is 0 Å². The summed E-state index contributed by atoms with van der Waals surface area (Å²) in [7, 11) is 0. The van der Waals surface area contributed by atoms with Crippen LogP contribution in [0.3, 0.4) is 0 Å². The van der Waals surface area contributed by atoms with Gasteiger partial charge < -0.3 is 14.9 Å². The van der Waals surface area contributed by atoms with Crippen molar-refractivity contribution in [2.45, 2.75) is 32.3 Å².